The van der Waals surface area contributed by atoms with Gasteiger partial charge >= 0.3 is 0 Å². The first-order valence-corrected chi connectivity index (χ1v) is 10.00. The molecular formula is C23H23N3O2S. The van der Waals surface area contributed by atoms with Crippen LogP contribution in [0.3, 0.4) is 0 Å². The molecule has 0 bridgehead atoms. The normalized spacial score (nSPS) is 10.5. The Labute approximate surface area is 175 Å². The van der Waals surface area contributed by atoms with Crippen LogP contribution in [0.2, 0.25) is 0 Å². The summed E-state index contributed by atoms with van der Waals surface area (Å²) in [6, 6.07) is 16.6. The van der Waals surface area contributed by atoms with E-state index in [1.807, 2.05) is 13.8 Å². The molecule has 3 aromatic rings. The fourth-order valence-electron chi connectivity index (χ4n) is 2.75. The Balaban J connectivity index is 1.85. The lowest BCUT2D eigenvalue weighted by molar-refractivity contribution is 0.0827. The van der Waals surface area contributed by atoms with Crippen molar-refractivity contribution in [3.8, 4) is 0 Å². The minimum atomic E-state index is -0.264. The van der Waals surface area contributed by atoms with Crippen molar-refractivity contribution in [2.45, 2.75) is 23.8 Å². The number of aromatic nitrogens is 1. The molecule has 0 saturated carbocycles. The van der Waals surface area contributed by atoms with Crippen LogP contribution in [0.5, 0.6) is 0 Å². The van der Waals surface area contributed by atoms with E-state index in [1.165, 1.54) is 16.7 Å². The molecule has 5 nitrogen and oxygen atoms in total. The molecule has 2 amide bonds. The number of nitrogens with zero attached hydrogens (tertiary/aromatic N) is 2. The second-order valence-electron chi connectivity index (χ2n) is 6.96. The lowest BCUT2D eigenvalue weighted by atomic mass is 10.1. The molecule has 0 fully saturated rings. The molecule has 0 unspecified atom stereocenters. The van der Waals surface area contributed by atoms with E-state index in [-0.39, 0.29) is 11.8 Å². The number of pyridine rings is 1. The maximum Gasteiger partial charge on any atom is 0.258 e. The second kappa shape index (κ2) is 8.92. The first-order valence-electron chi connectivity index (χ1n) is 9.18. The third-order valence-corrected chi connectivity index (χ3v) is 5.52. The molecule has 29 heavy (non-hydrogen) atoms. The van der Waals surface area contributed by atoms with Crippen LogP contribution in [0.25, 0.3) is 0 Å². The lowest BCUT2D eigenvalue weighted by Crippen LogP contribution is -2.22. The summed E-state index contributed by atoms with van der Waals surface area (Å²) >= 11 is 1.47. The zero-order valence-electron chi connectivity index (χ0n) is 16.9. The van der Waals surface area contributed by atoms with E-state index in [1.54, 1.807) is 56.7 Å². The highest BCUT2D eigenvalue weighted by molar-refractivity contribution is 7.99. The summed E-state index contributed by atoms with van der Waals surface area (Å²) < 4.78 is 0. The molecule has 0 aliphatic carbocycles. The van der Waals surface area contributed by atoms with Crippen molar-refractivity contribution in [3.63, 3.8) is 0 Å². The molecule has 0 spiro atoms. The van der Waals surface area contributed by atoms with Crippen LogP contribution in [0.1, 0.15) is 31.8 Å². The van der Waals surface area contributed by atoms with E-state index in [0.29, 0.717) is 21.8 Å². The van der Waals surface area contributed by atoms with E-state index in [9.17, 15) is 9.59 Å². The van der Waals surface area contributed by atoms with Crippen LogP contribution >= 0.6 is 11.8 Å². The summed E-state index contributed by atoms with van der Waals surface area (Å²) in [5, 5.41) is 3.52. The smallest absolute Gasteiger partial charge is 0.258 e. The maximum absolute atomic E-state index is 12.9. The van der Waals surface area contributed by atoms with Crippen molar-refractivity contribution in [3.05, 3.63) is 83.0 Å². The van der Waals surface area contributed by atoms with Gasteiger partial charge in [-0.25, -0.2) is 4.98 Å². The minimum Gasteiger partial charge on any atom is -0.345 e. The SMILES string of the molecule is Cc1ccc(C)c(Sc2ncccc2C(=O)Nc2cccc(C(=O)N(C)C)c2)c1. The Morgan fingerprint density at radius 2 is 1.79 bits per heavy atom. The van der Waals surface area contributed by atoms with Gasteiger partial charge in [-0.1, -0.05) is 30.0 Å². The van der Waals surface area contributed by atoms with Crippen LogP contribution in [-0.4, -0.2) is 35.8 Å². The number of amides is 2. The average Bonchev–Trinajstić information content (AvgIpc) is 2.70. The Morgan fingerprint density at radius 3 is 2.55 bits per heavy atom. The third kappa shape index (κ3) is 5.03. The number of aryl methyl sites for hydroxylation is 2. The molecule has 148 valence electrons. The van der Waals surface area contributed by atoms with Gasteiger partial charge in [0.1, 0.15) is 5.03 Å². The van der Waals surface area contributed by atoms with E-state index < -0.39 is 0 Å². The number of nitrogens with one attached hydrogen (secondary N) is 1. The molecule has 1 heterocycles. The first kappa shape index (κ1) is 20.6. The Kier molecular flexibility index (Phi) is 6.34. The van der Waals surface area contributed by atoms with Gasteiger partial charge in [-0.05, 0) is 61.4 Å². The van der Waals surface area contributed by atoms with E-state index >= 15 is 0 Å². The zero-order chi connectivity index (χ0) is 21.0. The van der Waals surface area contributed by atoms with E-state index in [2.05, 4.69) is 28.5 Å². The number of hydrogen-bond acceptors (Lipinski definition) is 4. The largest absolute Gasteiger partial charge is 0.345 e. The van der Waals surface area contributed by atoms with Gasteiger partial charge < -0.3 is 10.2 Å². The molecule has 0 radical (unpaired) electrons. The molecule has 1 aromatic heterocycles. The van der Waals surface area contributed by atoms with Crippen molar-refractivity contribution in [1.29, 1.82) is 0 Å². The standard InChI is InChI=1S/C23H23N3O2S/c1-15-10-11-16(2)20(13-15)29-22-19(9-6-12-24-22)21(27)25-18-8-5-7-17(14-18)23(28)26(3)4/h5-14H,1-4H3,(H,25,27). The van der Waals surface area contributed by atoms with Gasteiger partial charge in [-0.15, -0.1) is 0 Å². The summed E-state index contributed by atoms with van der Waals surface area (Å²) in [5.74, 6) is -0.381. The Morgan fingerprint density at radius 1 is 1.00 bits per heavy atom. The fourth-order valence-corrected chi connectivity index (χ4v) is 3.82. The number of hydrogen-bond donors (Lipinski definition) is 1. The number of carbonyl (C=O) groups is 2. The van der Waals surface area contributed by atoms with Gasteiger partial charge in [0.15, 0.2) is 0 Å². The van der Waals surface area contributed by atoms with Crippen molar-refractivity contribution in [2.24, 2.45) is 0 Å². The number of rotatable bonds is 5. The number of benzene rings is 2. The fraction of sp³-hybridized carbons (Fsp3) is 0.174. The maximum atomic E-state index is 12.9. The predicted molar refractivity (Wildman–Crippen MR) is 117 cm³/mol. The molecule has 2 aromatic carbocycles. The molecule has 1 N–H and O–H groups in total. The quantitative estimate of drug-likeness (QED) is 0.662. The van der Waals surface area contributed by atoms with E-state index in [4.69, 9.17) is 0 Å². The number of anilines is 1. The van der Waals surface area contributed by atoms with Crippen LogP contribution < -0.4 is 5.32 Å². The van der Waals surface area contributed by atoms with Gasteiger partial charge in [-0.2, -0.15) is 0 Å². The topological polar surface area (TPSA) is 62.3 Å². The summed E-state index contributed by atoms with van der Waals surface area (Å²) in [7, 11) is 3.39. The number of carbonyl (C=O) groups excluding carboxylic acids is 2. The Hall–Kier alpha value is -3.12. The monoisotopic (exact) mass is 405 g/mol. The molecular weight excluding hydrogens is 382 g/mol. The predicted octanol–water partition coefficient (Wildman–Crippen LogP) is 4.80. The van der Waals surface area contributed by atoms with Crippen LogP contribution in [0, 0.1) is 13.8 Å². The molecule has 6 heteroatoms. The van der Waals surface area contributed by atoms with Crippen LogP contribution in [0.15, 0.2) is 70.7 Å². The summed E-state index contributed by atoms with van der Waals surface area (Å²) in [5.41, 5.74) is 3.86. The van der Waals surface area contributed by atoms with Gasteiger partial charge in [0.25, 0.3) is 11.8 Å². The minimum absolute atomic E-state index is 0.117. The highest BCUT2D eigenvalue weighted by Gasteiger charge is 2.16. The van der Waals surface area contributed by atoms with Gasteiger partial charge in [-0.3, -0.25) is 9.59 Å². The van der Waals surface area contributed by atoms with Crippen molar-refractivity contribution in [2.75, 3.05) is 19.4 Å². The van der Waals surface area contributed by atoms with Crippen molar-refractivity contribution >= 4 is 29.3 Å². The van der Waals surface area contributed by atoms with Crippen LogP contribution in [-0.2, 0) is 0 Å². The summed E-state index contributed by atoms with van der Waals surface area (Å²) in [6.45, 7) is 4.08. The van der Waals surface area contributed by atoms with E-state index in [0.717, 1.165) is 16.0 Å². The Bertz CT molecular complexity index is 1060. The molecule has 0 atom stereocenters. The van der Waals surface area contributed by atoms with Gasteiger partial charge in [0.05, 0.1) is 5.56 Å². The molecule has 3 rings (SSSR count). The second-order valence-corrected chi connectivity index (χ2v) is 7.99. The summed E-state index contributed by atoms with van der Waals surface area (Å²) in [4.78, 5) is 32.1. The van der Waals surface area contributed by atoms with Crippen molar-refractivity contribution in [1.82, 2.24) is 9.88 Å². The summed E-state index contributed by atoms with van der Waals surface area (Å²) in [6.07, 6.45) is 1.68. The first-order chi connectivity index (χ1) is 13.8. The highest BCUT2D eigenvalue weighted by atomic mass is 32.2. The van der Waals surface area contributed by atoms with Crippen molar-refractivity contribution < 1.29 is 9.59 Å². The highest BCUT2D eigenvalue weighted by Crippen LogP contribution is 2.32. The lowest BCUT2D eigenvalue weighted by Gasteiger charge is -2.13. The van der Waals surface area contributed by atoms with Gasteiger partial charge in [0, 0.05) is 36.4 Å². The molecule has 0 aliphatic heterocycles. The average molecular weight is 406 g/mol. The van der Waals surface area contributed by atoms with Crippen LogP contribution in [0.4, 0.5) is 5.69 Å². The van der Waals surface area contributed by atoms with Gasteiger partial charge in [0.2, 0.25) is 0 Å². The molecule has 0 saturated heterocycles. The molecule has 0 aliphatic rings. The zero-order valence-corrected chi connectivity index (χ0v) is 17.7. The third-order valence-electron chi connectivity index (χ3n) is 4.34.